The minimum Gasteiger partial charge on any atom is -0.348 e. The lowest BCUT2D eigenvalue weighted by Crippen LogP contribution is -2.29. The number of amides is 1. The van der Waals surface area contributed by atoms with Crippen molar-refractivity contribution in [1.82, 2.24) is 14.5 Å². The fourth-order valence-electron chi connectivity index (χ4n) is 3.54. The highest BCUT2D eigenvalue weighted by Crippen LogP contribution is 2.30. The van der Waals surface area contributed by atoms with Crippen molar-refractivity contribution < 1.29 is 9.18 Å². The number of carbonyl (C=O) groups excluding carboxylic acids is 1. The summed E-state index contributed by atoms with van der Waals surface area (Å²) in [5.74, 6) is -0.831. The molecule has 170 valence electrons. The Bertz CT molecular complexity index is 1210. The van der Waals surface area contributed by atoms with Crippen molar-refractivity contribution in [1.29, 1.82) is 0 Å². The molecule has 1 N–H and O–H groups in total. The molecule has 0 atom stereocenters. The van der Waals surface area contributed by atoms with Crippen LogP contribution in [-0.2, 0) is 4.79 Å². The largest absolute Gasteiger partial charge is 0.348 e. The summed E-state index contributed by atoms with van der Waals surface area (Å²) < 4.78 is 15.5. The van der Waals surface area contributed by atoms with Gasteiger partial charge in [-0.2, -0.15) is 4.98 Å². The Morgan fingerprint density at radius 1 is 1.28 bits per heavy atom. The summed E-state index contributed by atoms with van der Waals surface area (Å²) >= 11 is 8.32. The van der Waals surface area contributed by atoms with Gasteiger partial charge >= 0.3 is 0 Å². The van der Waals surface area contributed by atoms with Crippen molar-refractivity contribution in [2.45, 2.75) is 44.3 Å². The van der Waals surface area contributed by atoms with Crippen LogP contribution in [0.1, 0.15) is 39.2 Å². The van der Waals surface area contributed by atoms with Crippen LogP contribution >= 0.6 is 34.7 Å². The van der Waals surface area contributed by atoms with E-state index in [0.717, 1.165) is 31.1 Å². The Hall–Kier alpha value is -2.17. The summed E-state index contributed by atoms with van der Waals surface area (Å²) in [7, 11) is 0. The third-order valence-corrected chi connectivity index (χ3v) is 7.43. The molecule has 0 saturated carbocycles. The molecule has 7 nitrogen and oxygen atoms in total. The molecule has 32 heavy (non-hydrogen) atoms. The number of fused-ring (bicyclic) bond motifs is 1. The van der Waals surface area contributed by atoms with Gasteiger partial charge in [-0.15, -0.1) is 0 Å². The predicted molar refractivity (Wildman–Crippen MR) is 129 cm³/mol. The van der Waals surface area contributed by atoms with E-state index in [1.165, 1.54) is 47.7 Å². The zero-order valence-electron chi connectivity index (χ0n) is 17.7. The third-order valence-electron chi connectivity index (χ3n) is 5.10. The smallest absolute Gasteiger partial charge is 0.274 e. The predicted octanol–water partition coefficient (Wildman–Crippen LogP) is 4.95. The summed E-state index contributed by atoms with van der Waals surface area (Å²) in [6.07, 6.45) is 3.46. The summed E-state index contributed by atoms with van der Waals surface area (Å²) in [5, 5.41) is 3.89. The molecular weight excluding hydrogens is 473 g/mol. The van der Waals surface area contributed by atoms with Crippen molar-refractivity contribution in [2.75, 3.05) is 29.1 Å². The number of hydrogen-bond acceptors (Lipinski definition) is 7. The molecule has 0 unspecified atom stereocenters. The summed E-state index contributed by atoms with van der Waals surface area (Å²) in [5.41, 5.74) is 0.682. The molecule has 1 aliphatic rings. The second-order valence-corrected chi connectivity index (χ2v) is 10.2. The second-order valence-electron chi connectivity index (χ2n) is 7.83. The lowest BCUT2D eigenvalue weighted by molar-refractivity contribution is -0.113. The molecule has 0 radical (unpaired) electrons. The minimum atomic E-state index is -0.551. The molecule has 3 aromatic rings. The maximum atomic E-state index is 13.3. The standard InChI is InChI=1S/C21H23ClFN5O2S2/c1-12(2)28-19(30)17-18(25-20(32-17)27-8-4-3-5-9-27)26-21(28)31-11-16(29)24-13-6-7-15(23)14(22)10-13/h6-7,10,12H,3-5,8-9,11H2,1-2H3,(H,24,29). The number of halogens is 2. The van der Waals surface area contributed by atoms with E-state index >= 15 is 0 Å². The summed E-state index contributed by atoms with van der Waals surface area (Å²) in [6, 6.07) is 3.86. The van der Waals surface area contributed by atoms with E-state index in [2.05, 4.69) is 20.2 Å². The Balaban J connectivity index is 1.56. The van der Waals surface area contributed by atoms with Gasteiger partial charge in [-0.05, 0) is 51.3 Å². The van der Waals surface area contributed by atoms with Gasteiger partial charge in [-0.1, -0.05) is 34.7 Å². The lowest BCUT2D eigenvalue weighted by Gasteiger charge is -2.25. The Morgan fingerprint density at radius 3 is 2.72 bits per heavy atom. The lowest BCUT2D eigenvalue weighted by atomic mass is 10.1. The van der Waals surface area contributed by atoms with Crippen LogP contribution in [0.15, 0.2) is 28.2 Å². The number of hydrogen-bond donors (Lipinski definition) is 1. The van der Waals surface area contributed by atoms with Crippen LogP contribution in [0.25, 0.3) is 10.3 Å². The highest BCUT2D eigenvalue weighted by molar-refractivity contribution is 7.99. The highest BCUT2D eigenvalue weighted by Gasteiger charge is 2.21. The first-order chi connectivity index (χ1) is 15.3. The number of thiazole rings is 1. The first kappa shape index (κ1) is 23.0. The van der Waals surface area contributed by atoms with Gasteiger partial charge in [0, 0.05) is 24.8 Å². The second kappa shape index (κ2) is 9.76. The van der Waals surface area contributed by atoms with Crippen LogP contribution in [0.5, 0.6) is 0 Å². The third kappa shape index (κ3) is 4.92. The van der Waals surface area contributed by atoms with Crippen molar-refractivity contribution >= 4 is 61.8 Å². The number of benzene rings is 1. The van der Waals surface area contributed by atoms with Crippen molar-refractivity contribution in [3.8, 4) is 0 Å². The van der Waals surface area contributed by atoms with E-state index in [4.69, 9.17) is 11.6 Å². The first-order valence-corrected chi connectivity index (χ1v) is 12.6. The maximum Gasteiger partial charge on any atom is 0.274 e. The molecule has 0 spiro atoms. The van der Waals surface area contributed by atoms with Crippen LogP contribution in [-0.4, -0.2) is 39.3 Å². The van der Waals surface area contributed by atoms with Gasteiger partial charge < -0.3 is 10.2 Å². The maximum absolute atomic E-state index is 13.3. The molecule has 1 fully saturated rings. The van der Waals surface area contributed by atoms with E-state index < -0.39 is 5.82 Å². The Labute approximate surface area is 198 Å². The number of rotatable bonds is 6. The topological polar surface area (TPSA) is 80.1 Å². The number of nitrogens with zero attached hydrogens (tertiary/aromatic N) is 4. The fourth-order valence-corrected chi connectivity index (χ4v) is 5.63. The normalized spacial score (nSPS) is 14.3. The summed E-state index contributed by atoms with van der Waals surface area (Å²) in [6.45, 7) is 5.69. The van der Waals surface area contributed by atoms with Crippen LogP contribution in [0.3, 0.4) is 0 Å². The van der Waals surface area contributed by atoms with Crippen LogP contribution in [0, 0.1) is 5.82 Å². The van der Waals surface area contributed by atoms with E-state index in [1.807, 2.05) is 13.8 Å². The zero-order valence-corrected chi connectivity index (χ0v) is 20.1. The molecule has 1 aliphatic heterocycles. The van der Waals surface area contributed by atoms with Gasteiger partial charge in [0.25, 0.3) is 5.56 Å². The zero-order chi connectivity index (χ0) is 22.8. The quantitative estimate of drug-likeness (QED) is 0.385. The van der Waals surface area contributed by atoms with E-state index in [-0.39, 0.29) is 28.3 Å². The van der Waals surface area contributed by atoms with Crippen molar-refractivity contribution in [2.24, 2.45) is 0 Å². The van der Waals surface area contributed by atoms with Crippen molar-refractivity contribution in [3.05, 3.63) is 39.4 Å². The van der Waals surface area contributed by atoms with Gasteiger partial charge in [0.05, 0.1) is 10.8 Å². The van der Waals surface area contributed by atoms with Gasteiger partial charge in [0.1, 0.15) is 10.5 Å². The number of carbonyl (C=O) groups is 1. The van der Waals surface area contributed by atoms with E-state index in [0.29, 0.717) is 21.2 Å². The molecule has 1 amide bonds. The number of aromatic nitrogens is 3. The molecule has 0 bridgehead atoms. The molecule has 4 rings (SSSR count). The number of anilines is 2. The SMILES string of the molecule is CC(C)n1c(SCC(=O)Nc2ccc(F)c(Cl)c2)nc2nc(N3CCCCC3)sc2c1=O. The van der Waals surface area contributed by atoms with Crippen LogP contribution in [0.2, 0.25) is 5.02 Å². The Kier molecular flexibility index (Phi) is 7.02. The number of thioether (sulfide) groups is 1. The van der Waals surface area contributed by atoms with Crippen molar-refractivity contribution in [3.63, 3.8) is 0 Å². The van der Waals surface area contributed by atoms with Gasteiger partial charge in [-0.3, -0.25) is 14.2 Å². The van der Waals surface area contributed by atoms with E-state index in [1.54, 1.807) is 4.57 Å². The molecule has 1 aromatic carbocycles. The molecular formula is C21H23ClFN5O2S2. The summed E-state index contributed by atoms with van der Waals surface area (Å²) in [4.78, 5) is 37.1. The molecule has 3 heterocycles. The number of nitrogens with one attached hydrogen (secondary N) is 1. The van der Waals surface area contributed by atoms with Gasteiger partial charge in [0.15, 0.2) is 15.9 Å². The van der Waals surface area contributed by atoms with Gasteiger partial charge in [0.2, 0.25) is 5.91 Å². The molecule has 11 heteroatoms. The monoisotopic (exact) mass is 495 g/mol. The van der Waals surface area contributed by atoms with Gasteiger partial charge in [-0.25, -0.2) is 9.37 Å². The molecule has 0 aliphatic carbocycles. The van der Waals surface area contributed by atoms with E-state index in [9.17, 15) is 14.0 Å². The fraction of sp³-hybridized carbons (Fsp3) is 0.429. The van der Waals surface area contributed by atoms with Crippen LogP contribution in [0.4, 0.5) is 15.2 Å². The van der Waals surface area contributed by atoms with Crippen LogP contribution < -0.4 is 15.8 Å². The minimum absolute atomic E-state index is 0.0305. The Morgan fingerprint density at radius 2 is 2.03 bits per heavy atom. The molecule has 2 aromatic heterocycles. The number of piperidine rings is 1. The average molecular weight is 496 g/mol. The highest BCUT2D eigenvalue weighted by atomic mass is 35.5. The average Bonchev–Trinajstić information content (AvgIpc) is 3.20. The molecule has 1 saturated heterocycles. The first-order valence-electron chi connectivity index (χ1n) is 10.4.